The molecule has 290 valence electrons. The van der Waals surface area contributed by atoms with Crippen molar-refractivity contribution in [2.45, 2.75) is 57.8 Å². The number of anilines is 1. The Morgan fingerprint density at radius 2 is 1.30 bits per heavy atom. The second-order valence-corrected chi connectivity index (χ2v) is 16.3. The third-order valence-corrected chi connectivity index (χ3v) is 12.3. The highest BCUT2D eigenvalue weighted by Gasteiger charge is 2.25. The number of nitrogens with zero attached hydrogens (tertiary/aromatic N) is 2. The van der Waals surface area contributed by atoms with Crippen LogP contribution in [0.1, 0.15) is 73.9 Å². The molecule has 0 aliphatic carbocycles. The van der Waals surface area contributed by atoms with Crippen molar-refractivity contribution < 1.29 is 19.1 Å². The number of amides is 2. The molecule has 2 saturated heterocycles. The van der Waals surface area contributed by atoms with Gasteiger partial charge in [0.1, 0.15) is 24.2 Å². The highest BCUT2D eigenvalue weighted by atomic mass is 32.1. The van der Waals surface area contributed by atoms with Crippen LogP contribution in [0, 0.1) is 6.92 Å². The van der Waals surface area contributed by atoms with Crippen molar-refractivity contribution in [2.24, 2.45) is 0 Å². The fourth-order valence-corrected chi connectivity index (χ4v) is 8.69. The van der Waals surface area contributed by atoms with Gasteiger partial charge in [0.2, 0.25) is 0 Å². The van der Waals surface area contributed by atoms with Gasteiger partial charge < -0.3 is 24.6 Å². The molecular formula is C49H49N3O4S. The molecule has 2 amide bonds. The minimum absolute atomic E-state index is 0.0730. The Labute approximate surface area is 339 Å². The van der Waals surface area contributed by atoms with Gasteiger partial charge in [-0.15, -0.1) is 11.3 Å². The Morgan fingerprint density at radius 1 is 0.667 bits per heavy atom. The molecule has 2 aliphatic rings. The van der Waals surface area contributed by atoms with Crippen LogP contribution in [0.4, 0.5) is 5.00 Å². The minimum Gasteiger partial charge on any atom is -0.490 e. The van der Waals surface area contributed by atoms with Gasteiger partial charge in [0.25, 0.3) is 11.8 Å². The molecule has 57 heavy (non-hydrogen) atoms. The zero-order valence-electron chi connectivity index (χ0n) is 32.4. The Bertz CT molecular complexity index is 2220. The van der Waals surface area contributed by atoms with Gasteiger partial charge >= 0.3 is 0 Å². The van der Waals surface area contributed by atoms with Crippen LogP contribution in [0.2, 0.25) is 0 Å². The summed E-state index contributed by atoms with van der Waals surface area (Å²) in [6.07, 6.45) is 4.04. The van der Waals surface area contributed by atoms with E-state index < -0.39 is 0 Å². The largest absolute Gasteiger partial charge is 0.490 e. The van der Waals surface area contributed by atoms with Gasteiger partial charge in [0.05, 0.1) is 11.5 Å². The number of likely N-dealkylation sites (tertiary alicyclic amines) is 1. The number of benzene rings is 5. The van der Waals surface area contributed by atoms with E-state index in [4.69, 9.17) is 9.47 Å². The van der Waals surface area contributed by atoms with E-state index in [-0.39, 0.29) is 17.9 Å². The van der Waals surface area contributed by atoms with Gasteiger partial charge in [-0.2, -0.15) is 0 Å². The summed E-state index contributed by atoms with van der Waals surface area (Å²) in [5.74, 6) is 2.27. The number of piperidine rings is 2. The second-order valence-electron chi connectivity index (χ2n) is 15.1. The van der Waals surface area contributed by atoms with Crippen molar-refractivity contribution in [3.63, 3.8) is 0 Å². The van der Waals surface area contributed by atoms with Gasteiger partial charge in [-0.3, -0.25) is 9.59 Å². The van der Waals surface area contributed by atoms with Crippen molar-refractivity contribution >= 4 is 28.2 Å². The number of hydrogen-bond acceptors (Lipinski definition) is 6. The van der Waals surface area contributed by atoms with Crippen molar-refractivity contribution in [3.8, 4) is 22.6 Å². The number of carbonyl (C=O) groups is 2. The zero-order chi connectivity index (χ0) is 39.0. The summed E-state index contributed by atoms with van der Waals surface area (Å²) in [6, 6.07) is 46.8. The normalized spacial score (nSPS) is 15.0. The average Bonchev–Trinajstić information content (AvgIpc) is 3.75. The number of aryl methyl sites for hydroxylation is 1. The van der Waals surface area contributed by atoms with Crippen molar-refractivity contribution in [2.75, 3.05) is 31.1 Å². The smallest absolute Gasteiger partial charge is 0.253 e. The van der Waals surface area contributed by atoms with Crippen molar-refractivity contribution in [3.05, 3.63) is 172 Å². The van der Waals surface area contributed by atoms with Crippen molar-refractivity contribution in [1.29, 1.82) is 0 Å². The minimum atomic E-state index is -0.0730. The molecule has 2 aliphatic heterocycles. The molecule has 0 radical (unpaired) electrons. The molecule has 0 saturated carbocycles. The summed E-state index contributed by atoms with van der Waals surface area (Å²) in [4.78, 5) is 31.4. The van der Waals surface area contributed by atoms with Gasteiger partial charge in [-0.05, 0) is 109 Å². The first-order valence-corrected chi connectivity index (χ1v) is 20.9. The lowest BCUT2D eigenvalue weighted by Crippen LogP contribution is -2.41. The quantitative estimate of drug-likeness (QED) is 0.134. The maximum atomic E-state index is 13.0. The van der Waals surface area contributed by atoms with Crippen LogP contribution in [-0.4, -0.2) is 49.0 Å². The molecule has 0 unspecified atom stereocenters. The van der Waals surface area contributed by atoms with Crippen LogP contribution >= 0.6 is 11.3 Å². The summed E-state index contributed by atoms with van der Waals surface area (Å²) in [7, 11) is 0. The first-order valence-electron chi connectivity index (χ1n) is 20.1. The molecule has 0 bridgehead atoms. The zero-order valence-corrected chi connectivity index (χ0v) is 33.3. The van der Waals surface area contributed by atoms with E-state index in [1.54, 1.807) is 11.3 Å². The van der Waals surface area contributed by atoms with Crippen LogP contribution in [0.25, 0.3) is 11.1 Å². The highest BCUT2D eigenvalue weighted by Crippen LogP contribution is 2.34. The van der Waals surface area contributed by atoms with E-state index in [0.717, 1.165) is 83.0 Å². The Kier molecular flexibility index (Phi) is 12.0. The van der Waals surface area contributed by atoms with E-state index in [2.05, 4.69) is 52.7 Å². The molecule has 1 aromatic heterocycles. The summed E-state index contributed by atoms with van der Waals surface area (Å²) in [5, 5.41) is 4.39. The van der Waals surface area contributed by atoms with Gasteiger partial charge in [-0.25, -0.2) is 0 Å². The maximum absolute atomic E-state index is 13.0. The molecule has 7 nitrogen and oxygen atoms in total. The first-order chi connectivity index (χ1) is 27.9. The number of rotatable bonds is 12. The summed E-state index contributed by atoms with van der Waals surface area (Å²) < 4.78 is 12.3. The lowest BCUT2D eigenvalue weighted by molar-refractivity contribution is 0.0595. The fraction of sp³-hybridized carbons (Fsp3) is 0.265. The summed E-state index contributed by atoms with van der Waals surface area (Å²) in [6.45, 7) is 6.49. The standard InChI is InChI=1S/C49H49N3O4S/c1-35-7-11-42(12-8-35)49(54)52-31-27-45(28-32-52)56-44-19-9-36(10-20-44)34-55-43-21-17-39(18-22-43)38-13-15-41(16-14-38)48(53)50-33-46-23-24-47(57-46)51-29-25-40(26-30-51)37-5-3-2-4-6-37/h2-24,40,45H,25-34H2,1H3,(H,50,53). The molecular weight excluding hydrogens is 727 g/mol. The highest BCUT2D eigenvalue weighted by molar-refractivity contribution is 7.16. The SMILES string of the molecule is Cc1ccc(C(=O)N2CCC(Oc3ccc(COc4ccc(-c5ccc(C(=O)NCc6ccc(N7CCC(c8ccccc8)CC7)s6)cc5)cc4)cc3)CC2)cc1. The van der Waals surface area contributed by atoms with E-state index in [1.165, 1.54) is 10.6 Å². The summed E-state index contributed by atoms with van der Waals surface area (Å²) in [5.41, 5.74) is 7.13. The molecule has 6 aromatic rings. The van der Waals surface area contributed by atoms with E-state index >= 15 is 0 Å². The van der Waals surface area contributed by atoms with Crippen molar-refractivity contribution in [1.82, 2.24) is 10.2 Å². The third-order valence-electron chi connectivity index (χ3n) is 11.1. The predicted octanol–water partition coefficient (Wildman–Crippen LogP) is 10.3. The lowest BCUT2D eigenvalue weighted by Gasteiger charge is -2.32. The van der Waals surface area contributed by atoms with Gasteiger partial charge in [0, 0.05) is 55.0 Å². The molecule has 1 N–H and O–H groups in total. The number of thiophene rings is 1. The number of hydrogen-bond donors (Lipinski definition) is 1. The Balaban J connectivity index is 0.750. The topological polar surface area (TPSA) is 71.1 Å². The number of nitrogens with one attached hydrogen (secondary N) is 1. The van der Waals surface area contributed by atoms with E-state index in [1.807, 2.05) is 109 Å². The summed E-state index contributed by atoms with van der Waals surface area (Å²) >= 11 is 1.77. The first kappa shape index (κ1) is 38.0. The number of ether oxygens (including phenoxy) is 2. The predicted molar refractivity (Wildman–Crippen MR) is 230 cm³/mol. The van der Waals surface area contributed by atoms with Crippen LogP contribution in [-0.2, 0) is 13.2 Å². The Hall–Kier alpha value is -5.86. The molecule has 0 spiro atoms. The number of carbonyl (C=O) groups excluding carboxylic acids is 2. The Morgan fingerprint density at radius 3 is 1.98 bits per heavy atom. The molecule has 5 aromatic carbocycles. The molecule has 8 heteroatoms. The second kappa shape index (κ2) is 17.9. The molecule has 8 rings (SSSR count). The third kappa shape index (κ3) is 9.76. The molecule has 0 atom stereocenters. The van der Waals surface area contributed by atoms with Crippen LogP contribution in [0.15, 0.2) is 140 Å². The lowest BCUT2D eigenvalue weighted by atomic mass is 9.90. The van der Waals surface area contributed by atoms with E-state index in [0.29, 0.717) is 37.7 Å². The van der Waals surface area contributed by atoms with Gasteiger partial charge in [-0.1, -0.05) is 84.4 Å². The van der Waals surface area contributed by atoms with E-state index in [9.17, 15) is 9.59 Å². The molecule has 2 fully saturated rings. The van der Waals surface area contributed by atoms with Crippen LogP contribution in [0.3, 0.4) is 0 Å². The monoisotopic (exact) mass is 775 g/mol. The average molecular weight is 776 g/mol. The molecule has 3 heterocycles. The van der Waals surface area contributed by atoms with Gasteiger partial charge in [0.15, 0.2) is 0 Å². The van der Waals surface area contributed by atoms with Crippen LogP contribution in [0.5, 0.6) is 11.5 Å². The maximum Gasteiger partial charge on any atom is 0.253 e. The fourth-order valence-electron chi connectivity index (χ4n) is 7.70. The van der Waals surface area contributed by atoms with Crippen LogP contribution < -0.4 is 19.7 Å².